The van der Waals surface area contributed by atoms with Gasteiger partial charge in [-0.1, -0.05) is 12.1 Å². The number of hydrogen-bond acceptors (Lipinski definition) is 5. The lowest BCUT2D eigenvalue weighted by molar-refractivity contribution is 0.458. The van der Waals surface area contributed by atoms with E-state index >= 15 is 0 Å². The average Bonchev–Trinajstić information content (AvgIpc) is 2.24. The van der Waals surface area contributed by atoms with Crippen molar-refractivity contribution in [3.05, 3.63) is 24.3 Å². The van der Waals surface area contributed by atoms with Crippen molar-refractivity contribution < 1.29 is 21.9 Å². The SMILES string of the molecule is CS(=O)(=O)CCCNS(=O)(=O)c1ccccc1O. The molecule has 0 unspecified atom stereocenters. The van der Waals surface area contributed by atoms with Gasteiger partial charge in [-0.3, -0.25) is 0 Å². The molecule has 0 bridgehead atoms. The standard InChI is InChI=1S/C10H15NO5S2/c1-17(13,14)8-4-7-11-18(15,16)10-6-3-2-5-9(10)12/h2-3,5-6,11-12H,4,7-8H2,1H3. The van der Waals surface area contributed by atoms with E-state index in [1.54, 1.807) is 0 Å². The number of rotatable bonds is 6. The van der Waals surface area contributed by atoms with Gasteiger partial charge in [0.15, 0.2) is 0 Å². The Labute approximate surface area is 107 Å². The summed E-state index contributed by atoms with van der Waals surface area (Å²) in [5, 5.41) is 9.42. The van der Waals surface area contributed by atoms with Crippen molar-refractivity contribution in [2.45, 2.75) is 11.3 Å². The third-order valence-corrected chi connectivity index (χ3v) is 4.68. The van der Waals surface area contributed by atoms with Crippen LogP contribution in [0.15, 0.2) is 29.2 Å². The summed E-state index contributed by atoms with van der Waals surface area (Å²) in [7, 11) is -6.90. The molecule has 1 aromatic rings. The maximum atomic E-state index is 11.8. The van der Waals surface area contributed by atoms with E-state index in [-0.39, 0.29) is 29.4 Å². The molecule has 0 fully saturated rings. The molecule has 0 spiro atoms. The lowest BCUT2D eigenvalue weighted by atomic mass is 10.3. The molecule has 1 rings (SSSR count). The first-order valence-corrected chi connectivity index (χ1v) is 8.72. The summed E-state index contributed by atoms with van der Waals surface area (Å²) in [6.07, 6.45) is 1.27. The highest BCUT2D eigenvalue weighted by Crippen LogP contribution is 2.20. The Morgan fingerprint density at radius 1 is 1.17 bits per heavy atom. The number of aromatic hydroxyl groups is 1. The summed E-state index contributed by atoms with van der Waals surface area (Å²) in [5.74, 6) is -0.427. The first kappa shape index (κ1) is 14.9. The lowest BCUT2D eigenvalue weighted by Crippen LogP contribution is -2.26. The van der Waals surface area contributed by atoms with E-state index in [1.807, 2.05) is 0 Å². The predicted molar refractivity (Wildman–Crippen MR) is 67.6 cm³/mol. The first-order valence-electron chi connectivity index (χ1n) is 5.18. The third-order valence-electron chi connectivity index (χ3n) is 2.14. The molecule has 6 nitrogen and oxygen atoms in total. The second-order valence-corrected chi connectivity index (χ2v) is 7.84. The van der Waals surface area contributed by atoms with Gasteiger partial charge in [0.25, 0.3) is 0 Å². The van der Waals surface area contributed by atoms with Crippen molar-refractivity contribution in [3.8, 4) is 5.75 Å². The molecule has 0 aliphatic heterocycles. The summed E-state index contributed by atoms with van der Waals surface area (Å²) in [5.41, 5.74) is 0. The minimum atomic E-state index is -3.80. The zero-order valence-corrected chi connectivity index (χ0v) is 11.5. The molecule has 2 N–H and O–H groups in total. The molecular formula is C10H15NO5S2. The van der Waals surface area contributed by atoms with Gasteiger partial charge in [-0.05, 0) is 18.6 Å². The fraction of sp³-hybridized carbons (Fsp3) is 0.400. The second-order valence-electron chi connectivity index (χ2n) is 3.85. The topological polar surface area (TPSA) is 101 Å². The van der Waals surface area contributed by atoms with E-state index in [0.29, 0.717) is 0 Å². The molecule has 0 aliphatic rings. The molecular weight excluding hydrogens is 278 g/mol. The van der Waals surface area contributed by atoms with Crippen molar-refractivity contribution in [2.24, 2.45) is 0 Å². The quantitative estimate of drug-likeness (QED) is 0.725. The van der Waals surface area contributed by atoms with Gasteiger partial charge in [0.1, 0.15) is 20.5 Å². The molecule has 0 amide bonds. The predicted octanol–water partition coefficient (Wildman–Crippen LogP) is 0.105. The van der Waals surface area contributed by atoms with Crippen LogP contribution in [-0.2, 0) is 19.9 Å². The van der Waals surface area contributed by atoms with Crippen LogP contribution in [0.25, 0.3) is 0 Å². The van der Waals surface area contributed by atoms with E-state index in [0.717, 1.165) is 6.26 Å². The summed E-state index contributed by atoms with van der Waals surface area (Å²) < 4.78 is 47.5. The average molecular weight is 293 g/mol. The number of phenols is 1. The van der Waals surface area contributed by atoms with E-state index in [1.165, 1.54) is 24.3 Å². The van der Waals surface area contributed by atoms with Gasteiger partial charge in [-0.25, -0.2) is 21.6 Å². The zero-order valence-electron chi connectivity index (χ0n) is 9.83. The molecule has 0 saturated carbocycles. The number of phenolic OH excluding ortho intramolecular Hbond substituents is 1. The number of nitrogens with one attached hydrogen (secondary N) is 1. The molecule has 102 valence electrons. The minimum absolute atomic E-state index is 0.00371. The zero-order chi connectivity index (χ0) is 13.8. The molecule has 0 aromatic heterocycles. The van der Waals surface area contributed by atoms with Crippen molar-refractivity contribution in [2.75, 3.05) is 18.6 Å². The Morgan fingerprint density at radius 3 is 2.33 bits per heavy atom. The molecule has 8 heteroatoms. The summed E-state index contributed by atoms with van der Waals surface area (Å²) >= 11 is 0. The highest BCUT2D eigenvalue weighted by atomic mass is 32.2. The second kappa shape index (κ2) is 5.68. The highest BCUT2D eigenvalue weighted by Gasteiger charge is 2.17. The van der Waals surface area contributed by atoms with Crippen LogP contribution in [0.2, 0.25) is 0 Å². The molecule has 0 aliphatic carbocycles. The lowest BCUT2D eigenvalue weighted by Gasteiger charge is -2.07. The molecule has 0 saturated heterocycles. The molecule has 0 atom stereocenters. The van der Waals surface area contributed by atoms with Crippen LogP contribution in [0, 0.1) is 0 Å². The monoisotopic (exact) mass is 293 g/mol. The van der Waals surface area contributed by atoms with E-state index < -0.39 is 19.9 Å². The van der Waals surface area contributed by atoms with Crippen molar-refractivity contribution in [1.29, 1.82) is 0 Å². The smallest absolute Gasteiger partial charge is 0.244 e. The van der Waals surface area contributed by atoms with Crippen molar-refractivity contribution in [1.82, 2.24) is 4.72 Å². The van der Waals surface area contributed by atoms with Crippen LogP contribution in [-0.4, -0.2) is 40.5 Å². The van der Waals surface area contributed by atoms with Gasteiger partial charge in [-0.15, -0.1) is 0 Å². The molecule has 0 heterocycles. The van der Waals surface area contributed by atoms with E-state index in [9.17, 15) is 21.9 Å². The van der Waals surface area contributed by atoms with Crippen LogP contribution in [0.4, 0.5) is 0 Å². The third kappa shape index (κ3) is 4.63. The van der Waals surface area contributed by atoms with E-state index in [4.69, 9.17) is 0 Å². The Morgan fingerprint density at radius 2 is 1.78 bits per heavy atom. The van der Waals surface area contributed by atoms with Crippen LogP contribution in [0.5, 0.6) is 5.75 Å². The van der Waals surface area contributed by atoms with Crippen LogP contribution >= 0.6 is 0 Å². The van der Waals surface area contributed by atoms with Crippen LogP contribution in [0.1, 0.15) is 6.42 Å². The molecule has 1 aromatic carbocycles. The van der Waals surface area contributed by atoms with Gasteiger partial charge < -0.3 is 5.11 Å². The van der Waals surface area contributed by atoms with Gasteiger partial charge in [-0.2, -0.15) is 0 Å². The Hall–Kier alpha value is -1.12. The van der Waals surface area contributed by atoms with Crippen LogP contribution < -0.4 is 4.72 Å². The minimum Gasteiger partial charge on any atom is -0.507 e. The van der Waals surface area contributed by atoms with Crippen molar-refractivity contribution >= 4 is 19.9 Å². The van der Waals surface area contributed by atoms with Gasteiger partial charge in [0, 0.05) is 12.8 Å². The number of sulfone groups is 1. The highest BCUT2D eigenvalue weighted by molar-refractivity contribution is 7.90. The fourth-order valence-corrected chi connectivity index (χ4v) is 3.14. The fourth-order valence-electron chi connectivity index (χ4n) is 1.30. The Bertz CT molecular complexity index is 607. The number of sulfonamides is 1. The first-order chi connectivity index (χ1) is 8.22. The molecule has 18 heavy (non-hydrogen) atoms. The van der Waals surface area contributed by atoms with Crippen molar-refractivity contribution in [3.63, 3.8) is 0 Å². The summed E-state index contributed by atoms with van der Waals surface area (Å²) in [6.45, 7) is 0.00371. The molecule has 0 radical (unpaired) electrons. The summed E-state index contributed by atoms with van der Waals surface area (Å²) in [6, 6.07) is 5.54. The largest absolute Gasteiger partial charge is 0.507 e. The van der Waals surface area contributed by atoms with Gasteiger partial charge >= 0.3 is 0 Å². The maximum absolute atomic E-state index is 11.8. The van der Waals surface area contributed by atoms with Gasteiger partial charge in [0.05, 0.1) is 5.75 Å². The number of hydrogen-bond donors (Lipinski definition) is 2. The number of benzene rings is 1. The van der Waals surface area contributed by atoms with Crippen LogP contribution in [0.3, 0.4) is 0 Å². The maximum Gasteiger partial charge on any atom is 0.244 e. The Kier molecular flexibility index (Phi) is 4.71. The van der Waals surface area contributed by atoms with Gasteiger partial charge in [0.2, 0.25) is 10.0 Å². The number of para-hydroxylation sites is 1. The Balaban J connectivity index is 2.65. The van der Waals surface area contributed by atoms with E-state index in [2.05, 4.69) is 4.72 Å². The summed E-state index contributed by atoms with van der Waals surface area (Å²) in [4.78, 5) is -0.218. The normalized spacial score (nSPS) is 12.5.